The van der Waals surface area contributed by atoms with E-state index in [2.05, 4.69) is 0 Å². The van der Waals surface area contributed by atoms with Crippen molar-refractivity contribution in [1.29, 1.82) is 0 Å². The Morgan fingerprint density at radius 3 is 3.05 bits per heavy atom. The first kappa shape index (κ1) is 14.0. The molecule has 104 valence electrons. The van der Waals surface area contributed by atoms with Crippen molar-refractivity contribution in [2.45, 2.75) is 13.0 Å². The molecule has 2 rings (SSSR count). The van der Waals surface area contributed by atoms with Crippen LogP contribution in [-0.2, 0) is 9.53 Å². The van der Waals surface area contributed by atoms with Gasteiger partial charge in [-0.1, -0.05) is 6.07 Å². The van der Waals surface area contributed by atoms with E-state index in [1.165, 1.54) is 11.8 Å². The van der Waals surface area contributed by atoms with Gasteiger partial charge in [-0.05, 0) is 24.6 Å². The fraction of sp³-hybridized carbons (Fsp3) is 0.462. The van der Waals surface area contributed by atoms with Crippen LogP contribution in [0.25, 0.3) is 0 Å². The van der Waals surface area contributed by atoms with Crippen LogP contribution in [0.2, 0.25) is 0 Å². The Kier molecular flexibility index (Phi) is 4.93. The Balaban J connectivity index is 1.83. The van der Waals surface area contributed by atoms with Crippen LogP contribution in [0.5, 0.6) is 11.5 Å². The number of esters is 1. The third-order valence-corrected chi connectivity index (χ3v) is 3.68. The molecular formula is C13H17NO4S. The quantitative estimate of drug-likeness (QED) is 0.801. The number of ether oxygens (including phenoxy) is 3. The van der Waals surface area contributed by atoms with Crippen LogP contribution in [-0.4, -0.2) is 30.9 Å². The number of hydrogen-bond acceptors (Lipinski definition) is 6. The summed E-state index contributed by atoms with van der Waals surface area (Å²) in [6, 6.07) is 5.52. The molecule has 0 saturated heterocycles. The van der Waals surface area contributed by atoms with Crippen molar-refractivity contribution in [3.63, 3.8) is 0 Å². The van der Waals surface area contributed by atoms with E-state index in [1.54, 1.807) is 6.92 Å². The number of fused-ring (bicyclic) bond motifs is 1. The summed E-state index contributed by atoms with van der Waals surface area (Å²) in [7, 11) is 0. The highest BCUT2D eigenvalue weighted by molar-refractivity contribution is 7.99. The smallest absolute Gasteiger partial charge is 0.315 e. The number of thioether (sulfide) groups is 1. The van der Waals surface area contributed by atoms with Crippen molar-refractivity contribution >= 4 is 17.7 Å². The molecule has 19 heavy (non-hydrogen) atoms. The summed E-state index contributed by atoms with van der Waals surface area (Å²) in [5, 5.41) is 0. The molecule has 0 fully saturated rings. The Hall–Kier alpha value is -1.40. The summed E-state index contributed by atoms with van der Waals surface area (Å²) in [5.74, 6) is 2.24. The first-order valence-electron chi connectivity index (χ1n) is 6.09. The lowest BCUT2D eigenvalue weighted by molar-refractivity contribution is -0.139. The molecule has 6 heteroatoms. The van der Waals surface area contributed by atoms with Gasteiger partial charge in [0.2, 0.25) is 6.79 Å². The molecule has 0 saturated carbocycles. The zero-order valence-electron chi connectivity index (χ0n) is 10.8. The Morgan fingerprint density at radius 2 is 2.26 bits per heavy atom. The zero-order chi connectivity index (χ0) is 13.7. The fourth-order valence-corrected chi connectivity index (χ4v) is 2.53. The van der Waals surface area contributed by atoms with Crippen molar-refractivity contribution in [2.24, 2.45) is 5.73 Å². The fourth-order valence-electron chi connectivity index (χ4n) is 1.71. The molecule has 1 aliphatic rings. The summed E-state index contributed by atoms with van der Waals surface area (Å²) in [4.78, 5) is 11.2. The highest BCUT2D eigenvalue weighted by atomic mass is 32.2. The minimum absolute atomic E-state index is 0.145. The zero-order valence-corrected chi connectivity index (χ0v) is 11.6. The normalized spacial score (nSPS) is 14.2. The minimum Gasteiger partial charge on any atom is -0.465 e. The number of benzene rings is 1. The molecule has 1 aromatic rings. The Labute approximate surface area is 116 Å². The van der Waals surface area contributed by atoms with Crippen LogP contribution < -0.4 is 15.2 Å². The standard InChI is InChI=1S/C13H17NO4S/c1-2-16-13(15)7-19-6-10(14)9-3-4-11-12(5-9)18-8-17-11/h3-5,10H,2,6-8,14H2,1H3. The van der Waals surface area contributed by atoms with Crippen LogP contribution in [0.4, 0.5) is 0 Å². The van der Waals surface area contributed by atoms with Crippen molar-refractivity contribution in [1.82, 2.24) is 0 Å². The van der Waals surface area contributed by atoms with Crippen LogP contribution in [0.1, 0.15) is 18.5 Å². The molecule has 0 radical (unpaired) electrons. The van der Waals surface area contributed by atoms with E-state index >= 15 is 0 Å². The Bertz CT molecular complexity index is 452. The molecule has 1 heterocycles. The summed E-state index contributed by atoms with van der Waals surface area (Å²) in [5.41, 5.74) is 7.05. The lowest BCUT2D eigenvalue weighted by atomic mass is 10.1. The van der Waals surface area contributed by atoms with Gasteiger partial charge in [-0.15, -0.1) is 11.8 Å². The lowest BCUT2D eigenvalue weighted by Crippen LogP contribution is -2.15. The Morgan fingerprint density at radius 1 is 1.47 bits per heavy atom. The maximum absolute atomic E-state index is 11.2. The van der Waals surface area contributed by atoms with Crippen LogP contribution in [0.15, 0.2) is 18.2 Å². The number of nitrogens with two attached hydrogens (primary N) is 1. The van der Waals surface area contributed by atoms with Crippen molar-refractivity contribution in [3.05, 3.63) is 23.8 Å². The van der Waals surface area contributed by atoms with Gasteiger partial charge in [0.1, 0.15) is 0 Å². The molecule has 1 unspecified atom stereocenters. The number of carbonyl (C=O) groups excluding carboxylic acids is 1. The van der Waals surface area contributed by atoms with Crippen molar-refractivity contribution < 1.29 is 19.0 Å². The number of hydrogen-bond donors (Lipinski definition) is 1. The third-order valence-electron chi connectivity index (χ3n) is 2.65. The van der Waals surface area contributed by atoms with Gasteiger partial charge >= 0.3 is 5.97 Å². The van der Waals surface area contributed by atoms with Gasteiger partial charge in [0, 0.05) is 11.8 Å². The van der Waals surface area contributed by atoms with E-state index in [0.717, 1.165) is 17.1 Å². The van der Waals surface area contributed by atoms with Crippen LogP contribution in [0.3, 0.4) is 0 Å². The van der Waals surface area contributed by atoms with E-state index in [4.69, 9.17) is 19.9 Å². The van der Waals surface area contributed by atoms with E-state index in [-0.39, 0.29) is 18.8 Å². The van der Waals surface area contributed by atoms with Gasteiger partial charge in [0.05, 0.1) is 12.4 Å². The summed E-state index contributed by atoms with van der Waals surface area (Å²) in [6.45, 7) is 2.46. The summed E-state index contributed by atoms with van der Waals surface area (Å²) in [6.07, 6.45) is 0. The van der Waals surface area contributed by atoms with Crippen LogP contribution >= 0.6 is 11.8 Å². The number of rotatable bonds is 6. The van der Waals surface area contributed by atoms with Crippen molar-refractivity contribution in [2.75, 3.05) is 24.9 Å². The first-order chi connectivity index (χ1) is 9.20. The van der Waals surface area contributed by atoms with E-state index in [1.807, 2.05) is 18.2 Å². The molecule has 1 atom stereocenters. The number of carbonyl (C=O) groups is 1. The SMILES string of the molecule is CCOC(=O)CSCC(N)c1ccc2c(c1)OCO2. The third kappa shape index (κ3) is 3.78. The predicted molar refractivity (Wildman–Crippen MR) is 73.5 cm³/mol. The average Bonchev–Trinajstić information content (AvgIpc) is 2.86. The van der Waals surface area contributed by atoms with Gasteiger partial charge < -0.3 is 19.9 Å². The molecule has 0 amide bonds. The molecule has 1 aromatic carbocycles. The first-order valence-corrected chi connectivity index (χ1v) is 7.24. The van der Waals surface area contributed by atoms with Gasteiger partial charge in [0.15, 0.2) is 11.5 Å². The van der Waals surface area contributed by atoms with E-state index < -0.39 is 0 Å². The summed E-state index contributed by atoms with van der Waals surface area (Å²) < 4.78 is 15.4. The maximum Gasteiger partial charge on any atom is 0.315 e. The van der Waals surface area contributed by atoms with E-state index in [9.17, 15) is 4.79 Å². The van der Waals surface area contributed by atoms with E-state index in [0.29, 0.717) is 18.1 Å². The van der Waals surface area contributed by atoms with Crippen molar-refractivity contribution in [3.8, 4) is 11.5 Å². The molecule has 0 bridgehead atoms. The molecule has 0 spiro atoms. The highest BCUT2D eigenvalue weighted by Crippen LogP contribution is 2.34. The molecule has 5 nitrogen and oxygen atoms in total. The second kappa shape index (κ2) is 6.68. The minimum atomic E-state index is -0.203. The predicted octanol–water partition coefficient (Wildman–Crippen LogP) is 1.71. The second-order valence-corrected chi connectivity index (χ2v) is 5.07. The summed E-state index contributed by atoms with van der Waals surface area (Å²) >= 11 is 1.47. The largest absolute Gasteiger partial charge is 0.465 e. The van der Waals surface area contributed by atoms with Gasteiger partial charge in [0.25, 0.3) is 0 Å². The maximum atomic E-state index is 11.2. The molecular weight excluding hydrogens is 266 g/mol. The second-order valence-electron chi connectivity index (χ2n) is 4.04. The molecule has 0 aromatic heterocycles. The average molecular weight is 283 g/mol. The highest BCUT2D eigenvalue weighted by Gasteiger charge is 2.16. The van der Waals surface area contributed by atoms with Gasteiger partial charge in [-0.25, -0.2) is 0 Å². The van der Waals surface area contributed by atoms with Gasteiger partial charge in [-0.3, -0.25) is 4.79 Å². The molecule has 2 N–H and O–H groups in total. The topological polar surface area (TPSA) is 70.8 Å². The lowest BCUT2D eigenvalue weighted by Gasteiger charge is -2.12. The molecule has 0 aliphatic carbocycles. The van der Waals surface area contributed by atoms with Crippen LogP contribution in [0, 0.1) is 0 Å². The monoisotopic (exact) mass is 283 g/mol. The molecule has 1 aliphatic heterocycles. The van der Waals surface area contributed by atoms with Gasteiger partial charge in [-0.2, -0.15) is 0 Å².